The number of fused-ring (bicyclic) bond motifs is 3. The van der Waals surface area contributed by atoms with E-state index in [1.54, 1.807) is 18.2 Å². The molecule has 3 atom stereocenters. The first-order chi connectivity index (χ1) is 13.7. The van der Waals surface area contributed by atoms with Crippen LogP contribution in [0.2, 0.25) is 0 Å². The van der Waals surface area contributed by atoms with E-state index in [4.69, 9.17) is 0 Å². The highest BCUT2D eigenvalue weighted by molar-refractivity contribution is 5.71. The van der Waals surface area contributed by atoms with Crippen LogP contribution in [0.15, 0.2) is 84.9 Å². The molecule has 0 saturated carbocycles. The number of anilines is 1. The molecule has 3 aromatic carbocycles. The maximum absolute atomic E-state index is 11.2. The topological polar surface area (TPSA) is 55.2 Å². The Balaban J connectivity index is 1.55. The Bertz CT molecular complexity index is 1070. The van der Waals surface area contributed by atoms with E-state index in [0.717, 1.165) is 17.7 Å². The van der Waals surface area contributed by atoms with Gasteiger partial charge in [-0.3, -0.25) is 10.1 Å². The van der Waals surface area contributed by atoms with Crippen molar-refractivity contribution in [3.63, 3.8) is 0 Å². The number of nitro benzene ring substituents is 1. The number of hydrogen-bond acceptors (Lipinski definition) is 3. The first kappa shape index (κ1) is 16.8. The van der Waals surface area contributed by atoms with Gasteiger partial charge in [0.2, 0.25) is 0 Å². The van der Waals surface area contributed by atoms with E-state index in [1.807, 2.05) is 12.1 Å². The maximum Gasteiger partial charge on any atom is 0.269 e. The number of nitrogens with zero attached hydrogens (tertiary/aromatic N) is 1. The van der Waals surface area contributed by atoms with Gasteiger partial charge in [0.1, 0.15) is 0 Å². The summed E-state index contributed by atoms with van der Waals surface area (Å²) in [5.74, 6) is 0.685. The van der Waals surface area contributed by atoms with Crippen LogP contribution in [0.3, 0.4) is 0 Å². The van der Waals surface area contributed by atoms with Crippen LogP contribution in [0.4, 0.5) is 11.4 Å². The van der Waals surface area contributed by atoms with E-state index in [0.29, 0.717) is 11.8 Å². The zero-order valence-electron chi connectivity index (χ0n) is 15.3. The number of hydrogen-bond donors (Lipinski definition) is 1. The number of rotatable bonds is 3. The second-order valence-corrected chi connectivity index (χ2v) is 7.50. The molecule has 138 valence electrons. The summed E-state index contributed by atoms with van der Waals surface area (Å²) in [4.78, 5) is 10.9. The van der Waals surface area contributed by atoms with Gasteiger partial charge in [0.05, 0.1) is 11.0 Å². The molecule has 4 nitrogen and oxygen atoms in total. The predicted octanol–water partition coefficient (Wildman–Crippen LogP) is 6.09. The highest BCUT2D eigenvalue weighted by atomic mass is 16.6. The van der Waals surface area contributed by atoms with E-state index < -0.39 is 0 Å². The predicted molar refractivity (Wildman–Crippen MR) is 111 cm³/mol. The van der Waals surface area contributed by atoms with Crippen LogP contribution >= 0.6 is 0 Å². The molecule has 4 heteroatoms. The summed E-state index contributed by atoms with van der Waals surface area (Å²) in [5.41, 5.74) is 5.97. The number of allylic oxidation sites excluding steroid dienone is 2. The Morgan fingerprint density at radius 1 is 0.929 bits per heavy atom. The summed E-state index contributed by atoms with van der Waals surface area (Å²) < 4.78 is 0. The molecule has 2 aliphatic rings. The highest BCUT2D eigenvalue weighted by Crippen LogP contribution is 2.50. The SMILES string of the molecule is O=[N+]([O-])c1cccc([C@@H]2Nc3ccc(-c4ccccc4)cc3[C@H]3C=CC[C@H]32)c1. The Morgan fingerprint density at radius 2 is 1.79 bits per heavy atom. The van der Waals surface area contributed by atoms with Crippen molar-refractivity contribution in [3.05, 3.63) is 106 Å². The Labute approximate surface area is 163 Å². The minimum atomic E-state index is -0.323. The fourth-order valence-corrected chi connectivity index (χ4v) is 4.57. The van der Waals surface area contributed by atoms with Crippen LogP contribution in [-0.2, 0) is 0 Å². The molecule has 5 rings (SSSR count). The van der Waals surface area contributed by atoms with Crippen molar-refractivity contribution in [2.24, 2.45) is 5.92 Å². The monoisotopic (exact) mass is 368 g/mol. The Kier molecular flexibility index (Phi) is 3.97. The van der Waals surface area contributed by atoms with Crippen molar-refractivity contribution in [1.29, 1.82) is 0 Å². The standard InChI is InChI=1S/C24H20N2O2/c27-26(28)19-9-4-8-18(14-19)24-21-11-5-10-20(21)22-15-17(12-13-23(22)25-24)16-6-2-1-3-7-16/h1-10,12-15,20-21,24-25H,11H2/t20-,21+,24-/m0/s1. The Hall–Kier alpha value is -3.40. The molecule has 0 bridgehead atoms. The molecular formula is C24H20N2O2. The van der Waals surface area contributed by atoms with Crippen molar-refractivity contribution in [1.82, 2.24) is 0 Å². The normalized spacial score (nSPS) is 22.2. The lowest BCUT2D eigenvalue weighted by atomic mass is 9.76. The lowest BCUT2D eigenvalue weighted by Gasteiger charge is -2.37. The van der Waals surface area contributed by atoms with Crippen LogP contribution in [-0.4, -0.2) is 4.92 Å². The molecule has 1 aliphatic carbocycles. The lowest BCUT2D eigenvalue weighted by molar-refractivity contribution is -0.384. The van der Waals surface area contributed by atoms with Crippen molar-refractivity contribution in [2.45, 2.75) is 18.4 Å². The largest absolute Gasteiger partial charge is 0.378 e. The summed E-state index contributed by atoms with van der Waals surface area (Å²) >= 11 is 0. The van der Waals surface area contributed by atoms with Gasteiger partial charge in [-0.25, -0.2) is 0 Å². The smallest absolute Gasteiger partial charge is 0.269 e. The van der Waals surface area contributed by atoms with Crippen LogP contribution in [0.25, 0.3) is 11.1 Å². The summed E-state index contributed by atoms with van der Waals surface area (Å²) in [6, 6.07) is 24.1. The molecule has 0 saturated heterocycles. The molecule has 0 fully saturated rings. The van der Waals surface area contributed by atoms with Gasteiger partial charge in [-0.15, -0.1) is 0 Å². The molecule has 0 spiro atoms. The second-order valence-electron chi connectivity index (χ2n) is 7.50. The van der Waals surface area contributed by atoms with Crippen molar-refractivity contribution in [3.8, 4) is 11.1 Å². The third kappa shape index (κ3) is 2.78. The van der Waals surface area contributed by atoms with Gasteiger partial charge >= 0.3 is 0 Å². The van der Waals surface area contributed by atoms with Gasteiger partial charge in [-0.05, 0) is 46.7 Å². The van der Waals surface area contributed by atoms with Gasteiger partial charge < -0.3 is 5.32 Å². The molecular weight excluding hydrogens is 348 g/mol. The van der Waals surface area contributed by atoms with Gasteiger partial charge in [-0.2, -0.15) is 0 Å². The third-order valence-corrected chi connectivity index (χ3v) is 5.91. The second kappa shape index (κ2) is 6.64. The average molecular weight is 368 g/mol. The number of nitrogens with one attached hydrogen (secondary N) is 1. The van der Waals surface area contributed by atoms with Crippen molar-refractivity contribution in [2.75, 3.05) is 5.32 Å². The fourth-order valence-electron chi connectivity index (χ4n) is 4.57. The van der Waals surface area contributed by atoms with Crippen molar-refractivity contribution >= 4 is 11.4 Å². The third-order valence-electron chi connectivity index (χ3n) is 5.91. The molecule has 0 radical (unpaired) electrons. The number of non-ortho nitro benzene ring substituents is 1. The maximum atomic E-state index is 11.2. The van der Waals surface area contributed by atoms with Crippen LogP contribution in [0, 0.1) is 16.0 Å². The quantitative estimate of drug-likeness (QED) is 0.346. The lowest BCUT2D eigenvalue weighted by Crippen LogP contribution is -2.29. The minimum absolute atomic E-state index is 0.0648. The highest BCUT2D eigenvalue weighted by Gasteiger charge is 2.38. The molecule has 3 aromatic rings. The summed E-state index contributed by atoms with van der Waals surface area (Å²) in [6.07, 6.45) is 5.51. The van der Waals surface area contributed by atoms with E-state index >= 15 is 0 Å². The fraction of sp³-hybridized carbons (Fsp3) is 0.167. The van der Waals surface area contributed by atoms with E-state index in [1.165, 1.54) is 16.7 Å². The van der Waals surface area contributed by atoms with Crippen molar-refractivity contribution < 1.29 is 4.92 Å². The van der Waals surface area contributed by atoms with Gasteiger partial charge in [0.15, 0.2) is 0 Å². The summed E-state index contributed by atoms with van der Waals surface area (Å²) in [7, 11) is 0. The van der Waals surface area contributed by atoms with Crippen LogP contribution in [0.1, 0.15) is 29.5 Å². The van der Waals surface area contributed by atoms with E-state index in [2.05, 4.69) is 59.9 Å². The molecule has 1 heterocycles. The molecule has 0 amide bonds. The summed E-state index contributed by atoms with van der Waals surface area (Å²) in [6.45, 7) is 0. The van der Waals surface area contributed by atoms with Gasteiger partial charge in [-0.1, -0.05) is 60.7 Å². The van der Waals surface area contributed by atoms with Crippen LogP contribution < -0.4 is 5.32 Å². The zero-order chi connectivity index (χ0) is 19.1. The summed E-state index contributed by atoms with van der Waals surface area (Å²) in [5, 5.41) is 14.9. The van der Waals surface area contributed by atoms with Crippen LogP contribution in [0.5, 0.6) is 0 Å². The van der Waals surface area contributed by atoms with E-state index in [9.17, 15) is 10.1 Å². The molecule has 1 N–H and O–H groups in total. The minimum Gasteiger partial charge on any atom is -0.378 e. The average Bonchev–Trinajstić information content (AvgIpc) is 3.24. The molecule has 28 heavy (non-hydrogen) atoms. The Morgan fingerprint density at radius 3 is 2.61 bits per heavy atom. The van der Waals surface area contributed by atoms with Gasteiger partial charge in [0, 0.05) is 23.7 Å². The zero-order valence-corrected chi connectivity index (χ0v) is 15.3. The van der Waals surface area contributed by atoms with E-state index in [-0.39, 0.29) is 16.7 Å². The first-order valence-corrected chi connectivity index (χ1v) is 9.57. The first-order valence-electron chi connectivity index (χ1n) is 9.57. The molecule has 0 unspecified atom stereocenters. The van der Waals surface area contributed by atoms with Gasteiger partial charge in [0.25, 0.3) is 5.69 Å². The number of nitro groups is 1. The number of benzene rings is 3. The molecule has 0 aromatic heterocycles. The molecule has 1 aliphatic heterocycles.